The predicted octanol–water partition coefficient (Wildman–Crippen LogP) is 6.96. The van der Waals surface area contributed by atoms with Gasteiger partial charge in [0.1, 0.15) is 6.61 Å². The first-order valence-corrected chi connectivity index (χ1v) is 13.2. The van der Waals surface area contributed by atoms with Crippen molar-refractivity contribution in [3.63, 3.8) is 0 Å². The minimum atomic E-state index is 0.0392. The summed E-state index contributed by atoms with van der Waals surface area (Å²) in [6, 6.07) is 18.4. The smallest absolute Gasteiger partial charge is 0.161 e. The average Bonchev–Trinajstić information content (AvgIpc) is 2.97. The Hall–Kier alpha value is -4.13. The van der Waals surface area contributed by atoms with Crippen LogP contribution in [-0.2, 0) is 13.0 Å². The van der Waals surface area contributed by atoms with Crippen LogP contribution in [-0.4, -0.2) is 33.9 Å². The highest BCUT2D eigenvalue weighted by Gasteiger charge is 2.21. The van der Waals surface area contributed by atoms with E-state index >= 15 is 0 Å². The molecule has 0 saturated heterocycles. The summed E-state index contributed by atoms with van der Waals surface area (Å²) in [7, 11) is 3.32. The van der Waals surface area contributed by atoms with Crippen molar-refractivity contribution in [3.05, 3.63) is 98.9 Å². The van der Waals surface area contributed by atoms with Crippen LogP contribution in [0, 0.1) is 6.92 Å². The number of ether oxygens (including phenoxy) is 4. The number of benzene rings is 3. The molecule has 3 aromatic carbocycles. The molecule has 3 aromatic rings. The van der Waals surface area contributed by atoms with Gasteiger partial charge >= 0.3 is 0 Å². The number of rotatable bonds is 13. The van der Waals surface area contributed by atoms with Gasteiger partial charge in [0.05, 0.1) is 26.9 Å². The molecule has 0 aliphatic carbocycles. The zero-order chi connectivity index (χ0) is 27.5. The maximum absolute atomic E-state index is 8.41. The van der Waals surface area contributed by atoms with E-state index in [0.717, 1.165) is 54.0 Å². The van der Waals surface area contributed by atoms with E-state index in [9.17, 15) is 0 Å². The molecule has 0 aromatic heterocycles. The summed E-state index contributed by atoms with van der Waals surface area (Å²) in [5.74, 6) is 2.89. The van der Waals surface area contributed by atoms with Gasteiger partial charge in [0, 0.05) is 18.0 Å². The molecule has 1 atom stereocenters. The summed E-state index contributed by atoms with van der Waals surface area (Å²) >= 11 is 0. The second kappa shape index (κ2) is 14.1. The number of hydrogen-bond acceptors (Lipinski definition) is 6. The first-order valence-electron chi connectivity index (χ1n) is 13.2. The maximum Gasteiger partial charge on any atom is 0.161 e. The Bertz CT molecular complexity index is 1320. The fraction of sp³-hybridized carbons (Fsp3) is 0.355. The van der Waals surface area contributed by atoms with Gasteiger partial charge in [0.2, 0.25) is 0 Å². The first kappa shape index (κ1) is 27.9. The summed E-state index contributed by atoms with van der Waals surface area (Å²) < 4.78 is 23.4. The number of nitrogens with zero attached hydrogens (tertiary/aromatic N) is 3. The third-order valence-electron chi connectivity index (χ3n) is 6.75. The van der Waals surface area contributed by atoms with Crippen LogP contribution in [0.15, 0.2) is 65.8 Å². The highest BCUT2D eigenvalue weighted by molar-refractivity contribution is 5.61. The molecule has 0 spiro atoms. The highest BCUT2D eigenvalue weighted by atomic mass is 16.5. The Morgan fingerprint density at radius 2 is 1.74 bits per heavy atom. The highest BCUT2D eigenvalue weighted by Crippen LogP contribution is 2.37. The van der Waals surface area contributed by atoms with E-state index in [0.29, 0.717) is 31.3 Å². The van der Waals surface area contributed by atoms with Crippen LogP contribution >= 0.6 is 0 Å². The largest absolute Gasteiger partial charge is 0.493 e. The van der Waals surface area contributed by atoms with E-state index < -0.39 is 0 Å². The number of fused-ring (bicyclic) bond motifs is 1. The summed E-state index contributed by atoms with van der Waals surface area (Å²) in [4.78, 5) is 2.78. The van der Waals surface area contributed by atoms with Crippen molar-refractivity contribution < 1.29 is 18.9 Å². The van der Waals surface area contributed by atoms with E-state index in [2.05, 4.69) is 58.7 Å². The number of aryl methyl sites for hydroxylation is 1. The van der Waals surface area contributed by atoms with Crippen molar-refractivity contribution in [2.24, 2.45) is 5.11 Å². The molecule has 1 unspecified atom stereocenters. The molecule has 0 bridgehead atoms. The molecule has 1 aliphatic rings. The second-order valence-corrected chi connectivity index (χ2v) is 9.39. The molecule has 1 N–H and O–H groups in total. The molecule has 1 aliphatic heterocycles. The van der Waals surface area contributed by atoms with Gasteiger partial charge in [-0.3, -0.25) is 0 Å². The molecule has 8 nitrogen and oxygen atoms in total. The number of nitrogens with one attached hydrogen (secondary N) is 1. The molecule has 204 valence electrons. The van der Waals surface area contributed by atoms with Crippen molar-refractivity contribution in [2.45, 2.75) is 38.8 Å². The number of methoxy groups -OCH3 is 2. The van der Waals surface area contributed by atoms with Crippen molar-refractivity contribution in [2.75, 3.05) is 33.9 Å². The molecule has 0 radical (unpaired) electrons. The Kier molecular flexibility index (Phi) is 10.1. The number of hydrogen-bond donors (Lipinski definition) is 1. The monoisotopic (exact) mass is 528 g/mol. The van der Waals surface area contributed by atoms with Gasteiger partial charge in [0.15, 0.2) is 23.0 Å². The van der Waals surface area contributed by atoms with Crippen molar-refractivity contribution in [1.29, 1.82) is 0 Å². The fourth-order valence-corrected chi connectivity index (χ4v) is 4.62. The Morgan fingerprint density at radius 3 is 2.51 bits per heavy atom. The second-order valence-electron chi connectivity index (χ2n) is 9.39. The van der Waals surface area contributed by atoms with Crippen LogP contribution in [0.4, 0.5) is 0 Å². The third-order valence-corrected chi connectivity index (χ3v) is 6.75. The van der Waals surface area contributed by atoms with Crippen molar-refractivity contribution in [3.8, 4) is 23.0 Å². The lowest BCUT2D eigenvalue weighted by Crippen LogP contribution is -2.28. The Balaban J connectivity index is 1.50. The zero-order valence-corrected chi connectivity index (χ0v) is 22.9. The van der Waals surface area contributed by atoms with Gasteiger partial charge in [0.25, 0.3) is 0 Å². The molecule has 8 heteroatoms. The van der Waals surface area contributed by atoms with Gasteiger partial charge in [-0.25, -0.2) is 0 Å². The van der Waals surface area contributed by atoms with Gasteiger partial charge in [-0.1, -0.05) is 47.6 Å². The quantitative estimate of drug-likeness (QED) is 0.112. The molecule has 39 heavy (non-hydrogen) atoms. The predicted molar refractivity (Wildman–Crippen MR) is 154 cm³/mol. The molecule has 0 amide bonds. The van der Waals surface area contributed by atoms with Crippen LogP contribution in [0.3, 0.4) is 0 Å². The van der Waals surface area contributed by atoms with Crippen molar-refractivity contribution >= 4 is 6.08 Å². The van der Waals surface area contributed by atoms with Gasteiger partial charge in [-0.15, -0.1) is 0 Å². The lowest BCUT2D eigenvalue weighted by molar-refractivity contribution is 0.283. The molecule has 4 rings (SSSR count). The average molecular weight is 529 g/mol. The Morgan fingerprint density at radius 1 is 0.974 bits per heavy atom. The van der Waals surface area contributed by atoms with Crippen LogP contribution in [0.25, 0.3) is 16.5 Å². The maximum atomic E-state index is 8.41. The standard InChI is InChI=1S/C31H36N4O4/c1-22-17-28(36-2)30(38-16-8-7-14-34-35-32)18-24(22)11-12-27-26-20-29(37-3)31(19-25(26)13-15-33-27)39-21-23-9-5-4-6-10-23/h4-6,9-12,17-20,27,33H,7-8,13-16,21H2,1-3H3. The normalized spacial score (nSPS) is 14.4. The van der Waals surface area contributed by atoms with Crippen LogP contribution < -0.4 is 24.3 Å². The molecule has 0 saturated carbocycles. The number of unbranched alkanes of at least 4 members (excludes halogenated alkanes) is 1. The van der Waals surface area contributed by atoms with E-state index in [-0.39, 0.29) is 6.04 Å². The van der Waals surface area contributed by atoms with Crippen molar-refractivity contribution in [1.82, 2.24) is 5.32 Å². The summed E-state index contributed by atoms with van der Waals surface area (Å²) in [6.07, 6.45) is 6.80. The van der Waals surface area contributed by atoms with Gasteiger partial charge in [-0.05, 0) is 83.8 Å². The summed E-state index contributed by atoms with van der Waals surface area (Å²) in [5.41, 5.74) is 14.1. The third kappa shape index (κ3) is 7.47. The van der Waals surface area contributed by atoms with Crippen LogP contribution in [0.5, 0.6) is 23.0 Å². The van der Waals surface area contributed by atoms with Crippen LogP contribution in [0.2, 0.25) is 0 Å². The topological polar surface area (TPSA) is 97.7 Å². The lowest BCUT2D eigenvalue weighted by Gasteiger charge is -2.26. The zero-order valence-electron chi connectivity index (χ0n) is 22.9. The van der Waals surface area contributed by atoms with E-state index in [1.54, 1.807) is 14.2 Å². The van der Waals surface area contributed by atoms with E-state index in [4.69, 9.17) is 24.5 Å². The van der Waals surface area contributed by atoms with E-state index in [1.165, 1.54) is 11.1 Å². The summed E-state index contributed by atoms with van der Waals surface area (Å²) in [5, 5.41) is 7.18. The molecule has 0 fully saturated rings. The SMILES string of the molecule is COc1cc(C)c(C=CC2NCCc3cc(OCc4ccccc4)c(OC)cc32)cc1OCCCCN=[N+]=[N-]. The first-order chi connectivity index (χ1) is 19.1. The molecule has 1 heterocycles. The Labute approximate surface area is 230 Å². The number of azide groups is 1. The molecular formula is C31H36N4O4. The van der Waals surface area contributed by atoms with Gasteiger partial charge < -0.3 is 24.3 Å². The molecular weight excluding hydrogens is 492 g/mol. The fourth-order valence-electron chi connectivity index (χ4n) is 4.62. The van der Waals surface area contributed by atoms with E-state index in [1.807, 2.05) is 30.3 Å². The van der Waals surface area contributed by atoms with Crippen LogP contribution in [0.1, 0.15) is 46.7 Å². The van der Waals surface area contributed by atoms with Gasteiger partial charge in [-0.2, -0.15) is 0 Å². The summed E-state index contributed by atoms with van der Waals surface area (Å²) in [6.45, 7) is 4.42. The minimum Gasteiger partial charge on any atom is -0.493 e. The lowest BCUT2D eigenvalue weighted by atomic mass is 9.92. The minimum absolute atomic E-state index is 0.0392.